The lowest BCUT2D eigenvalue weighted by Crippen LogP contribution is -2.14. The van der Waals surface area contributed by atoms with Gasteiger partial charge in [-0.25, -0.2) is 4.98 Å². The van der Waals surface area contributed by atoms with Crippen LogP contribution in [-0.2, 0) is 18.4 Å². The van der Waals surface area contributed by atoms with Crippen molar-refractivity contribution in [2.45, 2.75) is 11.8 Å². The smallest absolute Gasteiger partial charge is 0.234 e. The molecule has 5 nitrogen and oxygen atoms in total. The molecule has 0 spiro atoms. The van der Waals surface area contributed by atoms with Crippen LogP contribution >= 0.6 is 35.0 Å². The number of carbonyl (C=O) groups excluding carboxylic acids is 1. The summed E-state index contributed by atoms with van der Waals surface area (Å²) >= 11 is 13.1. The van der Waals surface area contributed by atoms with Crippen LogP contribution in [0.5, 0.6) is 0 Å². The molecular formula is C13H13Cl2N3O2S. The van der Waals surface area contributed by atoms with E-state index in [4.69, 9.17) is 28.3 Å². The molecule has 0 unspecified atom stereocenters. The van der Waals surface area contributed by atoms with Gasteiger partial charge in [-0.15, -0.1) is 0 Å². The molecule has 1 aromatic heterocycles. The van der Waals surface area contributed by atoms with Crippen molar-refractivity contribution in [2.24, 2.45) is 7.05 Å². The molecule has 8 heteroatoms. The minimum Gasteiger partial charge on any atom is -0.390 e. The average molecular weight is 346 g/mol. The molecule has 21 heavy (non-hydrogen) atoms. The Labute approximate surface area is 136 Å². The molecule has 2 aromatic rings. The van der Waals surface area contributed by atoms with E-state index in [1.807, 2.05) is 0 Å². The Balaban J connectivity index is 1.96. The first-order valence-electron chi connectivity index (χ1n) is 6.00. The van der Waals surface area contributed by atoms with Gasteiger partial charge in [-0.2, -0.15) is 0 Å². The number of hydrogen-bond donors (Lipinski definition) is 2. The monoisotopic (exact) mass is 345 g/mol. The van der Waals surface area contributed by atoms with Crippen LogP contribution in [-0.4, -0.2) is 26.3 Å². The van der Waals surface area contributed by atoms with Gasteiger partial charge in [-0.05, 0) is 18.2 Å². The van der Waals surface area contributed by atoms with Gasteiger partial charge in [-0.3, -0.25) is 4.79 Å². The Bertz CT molecular complexity index is 661. The Morgan fingerprint density at radius 2 is 2.24 bits per heavy atom. The molecule has 0 aliphatic carbocycles. The van der Waals surface area contributed by atoms with E-state index < -0.39 is 0 Å². The molecule has 1 aromatic carbocycles. The van der Waals surface area contributed by atoms with E-state index in [0.29, 0.717) is 26.6 Å². The molecule has 1 heterocycles. The second kappa shape index (κ2) is 7.17. The highest BCUT2D eigenvalue weighted by Crippen LogP contribution is 2.26. The number of aliphatic hydroxyl groups is 1. The Kier molecular flexibility index (Phi) is 5.52. The topological polar surface area (TPSA) is 67.1 Å². The molecule has 1 amide bonds. The van der Waals surface area contributed by atoms with Crippen molar-refractivity contribution in [3.8, 4) is 0 Å². The zero-order chi connectivity index (χ0) is 15.4. The lowest BCUT2D eigenvalue weighted by molar-refractivity contribution is -0.113. The lowest BCUT2D eigenvalue weighted by Gasteiger charge is -2.08. The van der Waals surface area contributed by atoms with Gasteiger partial charge in [0.25, 0.3) is 0 Å². The number of benzene rings is 1. The maximum atomic E-state index is 11.9. The highest BCUT2D eigenvalue weighted by atomic mass is 35.5. The van der Waals surface area contributed by atoms with Crippen LogP contribution in [0.4, 0.5) is 5.69 Å². The third-order valence-electron chi connectivity index (χ3n) is 2.74. The molecule has 0 atom stereocenters. The van der Waals surface area contributed by atoms with E-state index in [-0.39, 0.29) is 18.3 Å². The summed E-state index contributed by atoms with van der Waals surface area (Å²) in [6.07, 6.45) is 1.58. The van der Waals surface area contributed by atoms with Crippen LogP contribution < -0.4 is 5.32 Å². The number of anilines is 1. The van der Waals surface area contributed by atoms with Crippen molar-refractivity contribution >= 4 is 46.6 Å². The first-order valence-corrected chi connectivity index (χ1v) is 7.74. The van der Waals surface area contributed by atoms with Crippen molar-refractivity contribution in [2.75, 3.05) is 11.1 Å². The van der Waals surface area contributed by atoms with Crippen LogP contribution in [0, 0.1) is 0 Å². The van der Waals surface area contributed by atoms with Crippen molar-refractivity contribution in [1.82, 2.24) is 9.55 Å². The van der Waals surface area contributed by atoms with Crippen molar-refractivity contribution in [3.05, 3.63) is 40.1 Å². The molecule has 0 bridgehead atoms. The van der Waals surface area contributed by atoms with E-state index in [9.17, 15) is 4.79 Å². The molecule has 112 valence electrons. The molecule has 0 saturated carbocycles. The summed E-state index contributed by atoms with van der Waals surface area (Å²) in [7, 11) is 1.78. The van der Waals surface area contributed by atoms with Crippen LogP contribution in [0.3, 0.4) is 0 Å². The number of thioether (sulfide) groups is 1. The van der Waals surface area contributed by atoms with Crippen LogP contribution in [0.15, 0.2) is 29.6 Å². The minimum absolute atomic E-state index is 0.0889. The predicted molar refractivity (Wildman–Crippen MR) is 84.9 cm³/mol. The highest BCUT2D eigenvalue weighted by molar-refractivity contribution is 7.99. The quantitative estimate of drug-likeness (QED) is 0.817. The number of aliphatic hydroxyl groups excluding tert-OH is 1. The van der Waals surface area contributed by atoms with Gasteiger partial charge < -0.3 is 15.0 Å². The normalized spacial score (nSPS) is 10.7. The van der Waals surface area contributed by atoms with Gasteiger partial charge in [-0.1, -0.05) is 35.0 Å². The van der Waals surface area contributed by atoms with Crippen LogP contribution in [0.25, 0.3) is 0 Å². The lowest BCUT2D eigenvalue weighted by atomic mass is 10.3. The summed E-state index contributed by atoms with van der Waals surface area (Å²) in [5, 5.41) is 13.4. The SMILES string of the molecule is Cn1c(CO)cnc1SCC(=O)Nc1cc(Cl)ccc1Cl. The zero-order valence-electron chi connectivity index (χ0n) is 11.1. The summed E-state index contributed by atoms with van der Waals surface area (Å²) in [6, 6.07) is 4.87. The fourth-order valence-corrected chi connectivity index (χ4v) is 2.72. The van der Waals surface area contributed by atoms with Gasteiger partial charge in [0, 0.05) is 12.1 Å². The number of hydrogen-bond acceptors (Lipinski definition) is 4. The first kappa shape index (κ1) is 16.2. The van der Waals surface area contributed by atoms with Crippen molar-refractivity contribution in [1.29, 1.82) is 0 Å². The third kappa shape index (κ3) is 4.14. The number of halogens is 2. The summed E-state index contributed by atoms with van der Waals surface area (Å²) < 4.78 is 1.74. The number of nitrogens with zero attached hydrogens (tertiary/aromatic N) is 2. The summed E-state index contributed by atoms with van der Waals surface area (Å²) in [5.41, 5.74) is 1.17. The number of rotatable bonds is 5. The standard InChI is InChI=1S/C13H13Cl2N3O2S/c1-18-9(6-19)5-16-13(18)21-7-12(20)17-11-4-8(14)2-3-10(11)15/h2-5,19H,6-7H2,1H3,(H,17,20). The summed E-state index contributed by atoms with van der Waals surface area (Å²) in [5.74, 6) is -0.0313. The van der Waals surface area contributed by atoms with Crippen LogP contribution in [0.1, 0.15) is 5.69 Å². The number of amides is 1. The Morgan fingerprint density at radius 3 is 2.90 bits per heavy atom. The predicted octanol–water partition coefficient (Wildman–Crippen LogP) is 2.95. The first-order chi connectivity index (χ1) is 10.0. The number of imidazole rings is 1. The second-order valence-corrected chi connectivity index (χ2v) is 6.00. The number of nitrogens with one attached hydrogen (secondary N) is 1. The van der Waals surface area contributed by atoms with E-state index in [1.165, 1.54) is 11.8 Å². The van der Waals surface area contributed by atoms with Gasteiger partial charge in [0.1, 0.15) is 0 Å². The average Bonchev–Trinajstić information content (AvgIpc) is 2.81. The van der Waals surface area contributed by atoms with E-state index in [1.54, 1.807) is 36.0 Å². The van der Waals surface area contributed by atoms with Gasteiger partial charge in [0.05, 0.1) is 35.0 Å². The summed E-state index contributed by atoms with van der Waals surface area (Å²) in [6.45, 7) is -0.0889. The van der Waals surface area contributed by atoms with Gasteiger partial charge in [0.15, 0.2) is 5.16 Å². The second-order valence-electron chi connectivity index (χ2n) is 4.21. The van der Waals surface area contributed by atoms with E-state index >= 15 is 0 Å². The molecule has 0 radical (unpaired) electrons. The van der Waals surface area contributed by atoms with Gasteiger partial charge in [0.2, 0.25) is 5.91 Å². The van der Waals surface area contributed by atoms with Gasteiger partial charge >= 0.3 is 0 Å². The highest BCUT2D eigenvalue weighted by Gasteiger charge is 2.11. The third-order valence-corrected chi connectivity index (χ3v) is 4.35. The van der Waals surface area contributed by atoms with E-state index in [2.05, 4.69) is 10.3 Å². The maximum absolute atomic E-state index is 11.9. The van der Waals surface area contributed by atoms with Crippen molar-refractivity contribution in [3.63, 3.8) is 0 Å². The van der Waals surface area contributed by atoms with Crippen molar-refractivity contribution < 1.29 is 9.90 Å². The van der Waals surface area contributed by atoms with Crippen LogP contribution in [0.2, 0.25) is 10.0 Å². The molecular weight excluding hydrogens is 333 g/mol. The Hall–Kier alpha value is -1.21. The molecule has 0 fully saturated rings. The molecule has 2 N–H and O–H groups in total. The number of aromatic nitrogens is 2. The largest absolute Gasteiger partial charge is 0.390 e. The molecule has 2 rings (SSSR count). The fourth-order valence-electron chi connectivity index (χ4n) is 1.62. The number of carbonyl (C=O) groups is 1. The minimum atomic E-state index is -0.210. The maximum Gasteiger partial charge on any atom is 0.234 e. The summed E-state index contributed by atoms with van der Waals surface area (Å²) in [4.78, 5) is 16.1. The zero-order valence-corrected chi connectivity index (χ0v) is 13.5. The fraction of sp³-hybridized carbons (Fsp3) is 0.231. The molecule has 0 aliphatic heterocycles. The molecule has 0 aliphatic rings. The Morgan fingerprint density at radius 1 is 1.48 bits per heavy atom. The van der Waals surface area contributed by atoms with E-state index in [0.717, 1.165) is 0 Å². The molecule has 0 saturated heterocycles.